The van der Waals surface area contributed by atoms with E-state index >= 15 is 0 Å². The number of hydrogen-bond donors (Lipinski definition) is 3. The van der Waals surface area contributed by atoms with E-state index in [0.717, 1.165) is 28.0 Å². The molecule has 0 atom stereocenters. The van der Waals surface area contributed by atoms with Gasteiger partial charge < -0.3 is 15.7 Å². The van der Waals surface area contributed by atoms with Crippen molar-refractivity contribution in [2.24, 2.45) is 0 Å². The number of rotatable bonds is 5. The first kappa shape index (κ1) is 18.3. The van der Waals surface area contributed by atoms with Gasteiger partial charge in [0.1, 0.15) is 0 Å². The first-order valence-corrected chi connectivity index (χ1v) is 9.83. The zero-order chi connectivity index (χ0) is 20.7. The van der Waals surface area contributed by atoms with Gasteiger partial charge in [-0.15, -0.1) is 0 Å². The van der Waals surface area contributed by atoms with Crippen LogP contribution in [0.3, 0.4) is 0 Å². The highest BCUT2D eigenvalue weighted by atomic mass is 16.3. The number of aryl methyl sites for hydroxylation is 1. The lowest BCUT2D eigenvalue weighted by atomic mass is 9.85. The van der Waals surface area contributed by atoms with E-state index in [-0.39, 0.29) is 12.4 Å². The van der Waals surface area contributed by atoms with Crippen LogP contribution in [0.2, 0.25) is 0 Å². The number of hydrogen-bond acceptors (Lipinski definition) is 6. The van der Waals surface area contributed by atoms with E-state index in [1.165, 1.54) is 5.56 Å². The van der Waals surface area contributed by atoms with E-state index in [4.69, 9.17) is 10.1 Å². The lowest BCUT2D eigenvalue weighted by Gasteiger charge is -2.22. The number of carbonyl (C=O) groups is 1. The Balaban J connectivity index is 1.70. The summed E-state index contributed by atoms with van der Waals surface area (Å²) in [6.45, 7) is 2.37. The fourth-order valence-corrected chi connectivity index (χ4v) is 3.84. The van der Waals surface area contributed by atoms with Gasteiger partial charge in [0.2, 0.25) is 5.95 Å². The van der Waals surface area contributed by atoms with Crippen molar-refractivity contribution in [3.63, 3.8) is 0 Å². The van der Waals surface area contributed by atoms with Crippen LogP contribution in [0.4, 0.5) is 17.3 Å². The van der Waals surface area contributed by atoms with Crippen molar-refractivity contribution in [3.05, 3.63) is 77.4 Å². The first-order valence-electron chi connectivity index (χ1n) is 9.83. The summed E-state index contributed by atoms with van der Waals surface area (Å²) in [6, 6.07) is 19.3. The zero-order valence-electron chi connectivity index (χ0n) is 16.4. The van der Waals surface area contributed by atoms with Crippen LogP contribution in [0.1, 0.15) is 21.5 Å². The average molecular weight is 396 g/mol. The summed E-state index contributed by atoms with van der Waals surface area (Å²) >= 11 is 0. The van der Waals surface area contributed by atoms with Gasteiger partial charge in [0.15, 0.2) is 5.78 Å². The Labute approximate surface area is 173 Å². The quantitative estimate of drug-likeness (QED) is 0.411. The van der Waals surface area contributed by atoms with Gasteiger partial charge in [-0.1, -0.05) is 42.0 Å². The molecule has 30 heavy (non-hydrogen) atoms. The summed E-state index contributed by atoms with van der Waals surface area (Å²) in [5.41, 5.74) is 6.23. The molecule has 0 aliphatic heterocycles. The van der Waals surface area contributed by atoms with Crippen molar-refractivity contribution in [1.29, 1.82) is 0 Å². The van der Waals surface area contributed by atoms with Gasteiger partial charge in [-0.05, 0) is 31.2 Å². The molecule has 0 saturated heterocycles. The van der Waals surface area contributed by atoms with E-state index in [1.807, 2.05) is 67.6 Å². The molecule has 6 nitrogen and oxygen atoms in total. The second-order valence-electron chi connectivity index (χ2n) is 7.29. The van der Waals surface area contributed by atoms with Crippen LogP contribution >= 0.6 is 0 Å². The number of nitrogens with zero attached hydrogens (tertiary/aromatic N) is 2. The molecule has 1 aromatic heterocycles. The maximum atomic E-state index is 13.5. The van der Waals surface area contributed by atoms with Crippen molar-refractivity contribution in [1.82, 2.24) is 9.97 Å². The Hall–Kier alpha value is -3.77. The third kappa shape index (κ3) is 2.98. The molecule has 148 valence electrons. The molecule has 0 bridgehead atoms. The summed E-state index contributed by atoms with van der Waals surface area (Å²) in [5, 5.41) is 16.3. The predicted molar refractivity (Wildman–Crippen MR) is 118 cm³/mol. The molecular weight excluding hydrogens is 376 g/mol. The first-order chi connectivity index (χ1) is 14.7. The van der Waals surface area contributed by atoms with Crippen LogP contribution in [0, 0.1) is 6.92 Å². The van der Waals surface area contributed by atoms with Crippen LogP contribution in [-0.4, -0.2) is 34.0 Å². The van der Waals surface area contributed by atoms with Crippen LogP contribution in [-0.2, 0) is 0 Å². The Morgan fingerprint density at radius 2 is 1.70 bits per heavy atom. The van der Waals surface area contributed by atoms with Crippen molar-refractivity contribution < 1.29 is 9.90 Å². The summed E-state index contributed by atoms with van der Waals surface area (Å²) in [4.78, 5) is 22.7. The number of nitrogens with one attached hydrogen (secondary N) is 2. The molecule has 0 fully saturated rings. The van der Waals surface area contributed by atoms with E-state index in [1.54, 1.807) is 0 Å². The Morgan fingerprint density at radius 1 is 0.933 bits per heavy atom. The molecule has 3 N–H and O–H groups in total. The summed E-state index contributed by atoms with van der Waals surface area (Å²) in [7, 11) is 0. The topological polar surface area (TPSA) is 87.1 Å². The van der Waals surface area contributed by atoms with Gasteiger partial charge in [0, 0.05) is 28.7 Å². The molecular formula is C24H20N4O2. The number of carbonyl (C=O) groups excluding carboxylic acids is 1. The molecule has 1 aliphatic rings. The van der Waals surface area contributed by atoms with Gasteiger partial charge in [0.05, 0.1) is 29.1 Å². The predicted octanol–water partition coefficient (Wildman–Crippen LogP) is 4.30. The normalized spacial score (nSPS) is 12.0. The lowest BCUT2D eigenvalue weighted by molar-refractivity contribution is 0.104. The second kappa shape index (κ2) is 7.24. The lowest BCUT2D eigenvalue weighted by Crippen LogP contribution is -2.15. The van der Waals surface area contributed by atoms with Gasteiger partial charge >= 0.3 is 0 Å². The fraction of sp³-hybridized carbons (Fsp3) is 0.125. The van der Waals surface area contributed by atoms with Gasteiger partial charge in [-0.2, -0.15) is 0 Å². The van der Waals surface area contributed by atoms with Gasteiger partial charge in [0.25, 0.3) is 0 Å². The number of anilines is 3. The minimum Gasteiger partial charge on any atom is -0.395 e. The van der Waals surface area contributed by atoms with Crippen LogP contribution in [0.5, 0.6) is 0 Å². The molecule has 6 heteroatoms. The molecule has 5 rings (SSSR count). The number of ketones is 1. The Morgan fingerprint density at radius 3 is 2.50 bits per heavy atom. The number of benzene rings is 3. The molecule has 0 amide bonds. The molecule has 4 aromatic rings. The number of aliphatic hydroxyl groups is 1. The van der Waals surface area contributed by atoms with Crippen molar-refractivity contribution in [2.75, 3.05) is 23.8 Å². The van der Waals surface area contributed by atoms with Crippen molar-refractivity contribution in [3.8, 4) is 11.3 Å². The minimum absolute atomic E-state index is 0.0174. The number of aromatic nitrogens is 2. The van der Waals surface area contributed by atoms with Crippen LogP contribution in [0.25, 0.3) is 22.2 Å². The van der Waals surface area contributed by atoms with Crippen LogP contribution < -0.4 is 10.6 Å². The third-order valence-corrected chi connectivity index (χ3v) is 5.24. The second-order valence-corrected chi connectivity index (χ2v) is 7.29. The molecule has 0 radical (unpaired) electrons. The number of fused-ring (bicyclic) bond motifs is 2. The molecule has 0 spiro atoms. The SMILES string of the molecule is Cc1ccc(Nc2cccc3c2C(=O)c2cccc4nc(NCCO)nc-3c24)cc1. The average Bonchev–Trinajstić information content (AvgIpc) is 2.77. The van der Waals surface area contributed by atoms with Gasteiger partial charge in [-0.3, -0.25) is 4.79 Å². The summed E-state index contributed by atoms with van der Waals surface area (Å²) in [5.74, 6) is 0.388. The third-order valence-electron chi connectivity index (χ3n) is 5.24. The molecule has 0 unspecified atom stereocenters. The Kier molecular flexibility index (Phi) is 4.41. The summed E-state index contributed by atoms with van der Waals surface area (Å²) in [6.07, 6.45) is 0. The fourth-order valence-electron chi connectivity index (χ4n) is 3.84. The van der Waals surface area contributed by atoms with Crippen molar-refractivity contribution in [2.45, 2.75) is 6.92 Å². The highest BCUT2D eigenvalue weighted by Gasteiger charge is 2.29. The monoisotopic (exact) mass is 396 g/mol. The van der Waals surface area contributed by atoms with E-state index in [2.05, 4.69) is 15.6 Å². The van der Waals surface area contributed by atoms with E-state index in [9.17, 15) is 4.79 Å². The summed E-state index contributed by atoms with van der Waals surface area (Å²) < 4.78 is 0. The highest BCUT2D eigenvalue weighted by molar-refractivity contribution is 6.27. The molecule has 0 saturated carbocycles. The molecule has 3 aromatic carbocycles. The van der Waals surface area contributed by atoms with E-state index in [0.29, 0.717) is 29.1 Å². The van der Waals surface area contributed by atoms with Crippen molar-refractivity contribution >= 4 is 34.0 Å². The highest BCUT2D eigenvalue weighted by Crippen LogP contribution is 2.41. The maximum Gasteiger partial charge on any atom is 0.223 e. The van der Waals surface area contributed by atoms with E-state index < -0.39 is 0 Å². The maximum absolute atomic E-state index is 13.5. The molecule has 1 heterocycles. The van der Waals surface area contributed by atoms with Gasteiger partial charge in [-0.25, -0.2) is 9.97 Å². The smallest absolute Gasteiger partial charge is 0.223 e. The minimum atomic E-state index is -0.0435. The Bertz CT molecular complexity index is 1280. The number of aliphatic hydroxyl groups excluding tert-OH is 1. The molecule has 1 aliphatic carbocycles. The zero-order valence-corrected chi connectivity index (χ0v) is 16.4. The largest absolute Gasteiger partial charge is 0.395 e. The van der Waals surface area contributed by atoms with Crippen LogP contribution in [0.15, 0.2) is 60.7 Å². The standard InChI is InChI=1S/C24H20N4O2/c1-14-8-10-15(11-9-14)26-19-7-2-4-16-21(19)23(30)17-5-3-6-18-20(17)22(16)28-24(27-18)25-12-13-29/h2-11,26,29H,12-13H2,1H3,(H,25,27,28).